The molecule has 1 aliphatic carbocycles. The zero-order valence-corrected chi connectivity index (χ0v) is 14.8. The van der Waals surface area contributed by atoms with Gasteiger partial charge in [0.15, 0.2) is 6.04 Å². The number of nitrogens with zero attached hydrogens (tertiary/aromatic N) is 2. The first kappa shape index (κ1) is 18.2. The molecule has 1 aromatic heterocycles. The van der Waals surface area contributed by atoms with Gasteiger partial charge < -0.3 is 9.47 Å². The number of aromatic nitrogens is 2. The third-order valence-electron chi connectivity index (χ3n) is 3.99. The van der Waals surface area contributed by atoms with Gasteiger partial charge in [-0.25, -0.2) is 9.48 Å². The van der Waals surface area contributed by atoms with Gasteiger partial charge in [0.2, 0.25) is 0 Å². The normalized spacial score (nSPS) is 15.7. The summed E-state index contributed by atoms with van der Waals surface area (Å²) in [5.41, 5.74) is 1.35. The van der Waals surface area contributed by atoms with Crippen molar-refractivity contribution in [1.82, 2.24) is 9.78 Å². The predicted octanol–water partition coefficient (Wildman–Crippen LogP) is 2.89. The van der Waals surface area contributed by atoms with Crippen LogP contribution in [0.2, 0.25) is 0 Å². The van der Waals surface area contributed by atoms with E-state index in [1.165, 1.54) is 11.8 Å². The molecule has 0 bridgehead atoms. The van der Waals surface area contributed by atoms with Crippen molar-refractivity contribution in [3.8, 4) is 0 Å². The zero-order valence-electron chi connectivity index (χ0n) is 14.8. The van der Waals surface area contributed by atoms with Crippen LogP contribution in [0.5, 0.6) is 0 Å². The lowest BCUT2D eigenvalue weighted by molar-refractivity contribution is -0.145. The van der Waals surface area contributed by atoms with E-state index >= 15 is 0 Å². The van der Waals surface area contributed by atoms with E-state index < -0.39 is 12.0 Å². The number of rotatable bonds is 8. The Morgan fingerprint density at radius 1 is 1.46 bits per heavy atom. The number of ether oxygens (including phenoxy) is 2. The lowest BCUT2D eigenvalue weighted by Gasteiger charge is -2.19. The molecule has 1 atom stereocenters. The average molecular weight is 334 g/mol. The Bertz CT molecular complexity index is 659. The molecule has 1 fully saturated rings. The van der Waals surface area contributed by atoms with Crippen molar-refractivity contribution < 1.29 is 14.3 Å². The van der Waals surface area contributed by atoms with Crippen LogP contribution >= 0.6 is 0 Å². The Labute approximate surface area is 142 Å². The Morgan fingerprint density at radius 3 is 2.71 bits per heavy atom. The van der Waals surface area contributed by atoms with E-state index in [1.807, 2.05) is 20.8 Å². The van der Waals surface area contributed by atoms with Gasteiger partial charge in [-0.2, -0.15) is 5.10 Å². The molecule has 132 valence electrons. The fourth-order valence-corrected chi connectivity index (χ4v) is 2.66. The first-order valence-corrected chi connectivity index (χ1v) is 8.47. The fourth-order valence-electron chi connectivity index (χ4n) is 2.66. The molecule has 0 aromatic carbocycles. The van der Waals surface area contributed by atoms with Crippen LogP contribution in [0.15, 0.2) is 17.1 Å². The Hall–Kier alpha value is -2.11. The molecule has 0 radical (unpaired) electrons. The summed E-state index contributed by atoms with van der Waals surface area (Å²) >= 11 is 0. The minimum atomic E-state index is -0.713. The first-order valence-electron chi connectivity index (χ1n) is 8.47. The van der Waals surface area contributed by atoms with Crippen LogP contribution in [0.1, 0.15) is 63.3 Å². The highest BCUT2D eigenvalue weighted by atomic mass is 16.5. The van der Waals surface area contributed by atoms with Gasteiger partial charge in [-0.15, -0.1) is 0 Å². The largest absolute Gasteiger partial charge is 0.501 e. The zero-order chi connectivity index (χ0) is 17.7. The summed E-state index contributed by atoms with van der Waals surface area (Å²) in [7, 11) is 1.33. The van der Waals surface area contributed by atoms with Gasteiger partial charge in [0, 0.05) is 12.1 Å². The van der Waals surface area contributed by atoms with Crippen molar-refractivity contribution in [3.63, 3.8) is 0 Å². The van der Waals surface area contributed by atoms with Crippen molar-refractivity contribution in [2.45, 2.75) is 52.0 Å². The summed E-state index contributed by atoms with van der Waals surface area (Å²) in [6.07, 6.45) is 5.96. The Balaban J connectivity index is 2.45. The molecule has 0 saturated heterocycles. The van der Waals surface area contributed by atoms with Gasteiger partial charge in [-0.1, -0.05) is 13.8 Å². The molecule has 0 amide bonds. The molecule has 1 aromatic rings. The quantitative estimate of drug-likeness (QED) is 0.540. The fraction of sp³-hybridized carbons (Fsp3) is 0.611. The number of carbonyl (C=O) groups excluding carboxylic acids is 1. The average Bonchev–Trinajstić information content (AvgIpc) is 3.38. The topological polar surface area (TPSA) is 70.4 Å². The summed E-state index contributed by atoms with van der Waals surface area (Å²) in [5, 5.41) is 4.46. The van der Waals surface area contributed by atoms with Crippen LogP contribution in [-0.4, -0.2) is 29.5 Å². The monoisotopic (exact) mass is 334 g/mol. The second-order valence-corrected chi connectivity index (χ2v) is 6.47. The maximum Gasteiger partial charge on any atom is 0.330 e. The minimum absolute atomic E-state index is 0.230. The molecule has 24 heavy (non-hydrogen) atoms. The molecule has 1 saturated carbocycles. The number of hydrogen-bond donors (Lipinski definition) is 0. The summed E-state index contributed by atoms with van der Waals surface area (Å²) in [4.78, 5) is 24.7. The molecule has 1 unspecified atom stereocenters. The summed E-state index contributed by atoms with van der Waals surface area (Å²) in [6, 6.07) is 0.891. The summed E-state index contributed by atoms with van der Waals surface area (Å²) in [6.45, 7) is 6.45. The van der Waals surface area contributed by atoms with Crippen LogP contribution in [0.4, 0.5) is 0 Å². The molecule has 2 rings (SSSR count). The van der Waals surface area contributed by atoms with Crippen molar-refractivity contribution in [1.29, 1.82) is 0 Å². The van der Waals surface area contributed by atoms with E-state index in [2.05, 4.69) is 5.10 Å². The smallest absolute Gasteiger partial charge is 0.330 e. The van der Waals surface area contributed by atoms with Crippen LogP contribution in [0.25, 0.3) is 6.08 Å². The second kappa shape index (κ2) is 8.13. The van der Waals surface area contributed by atoms with Gasteiger partial charge in [-0.05, 0) is 43.6 Å². The van der Waals surface area contributed by atoms with Gasteiger partial charge in [0.25, 0.3) is 5.56 Å². The molecule has 1 heterocycles. The van der Waals surface area contributed by atoms with E-state index in [1.54, 1.807) is 18.4 Å². The molecule has 0 aliphatic heterocycles. The Morgan fingerprint density at radius 2 is 2.17 bits per heavy atom. The maximum atomic E-state index is 12.5. The highest BCUT2D eigenvalue weighted by molar-refractivity contribution is 5.74. The van der Waals surface area contributed by atoms with Gasteiger partial charge in [0.05, 0.1) is 25.7 Å². The molecular formula is C18H26N2O4. The number of esters is 1. The lowest BCUT2D eigenvalue weighted by atomic mass is 10.0. The third kappa shape index (κ3) is 4.46. The van der Waals surface area contributed by atoms with Gasteiger partial charge in [-0.3, -0.25) is 4.79 Å². The molecule has 1 aliphatic rings. The molecule has 0 spiro atoms. The van der Waals surface area contributed by atoms with Crippen LogP contribution in [-0.2, 0) is 14.3 Å². The van der Waals surface area contributed by atoms with Crippen molar-refractivity contribution in [2.24, 2.45) is 5.92 Å². The van der Waals surface area contributed by atoms with Crippen LogP contribution < -0.4 is 5.56 Å². The Kier molecular flexibility index (Phi) is 6.17. The van der Waals surface area contributed by atoms with Crippen LogP contribution in [0, 0.1) is 5.92 Å². The van der Waals surface area contributed by atoms with E-state index in [-0.39, 0.29) is 11.5 Å². The number of carbonyl (C=O) groups is 1. The maximum absolute atomic E-state index is 12.5. The standard InChI is InChI=1S/C18H26N2O4/c1-5-24-9-8-15-14(13-6-7-13)11-17(21)20(19-15)16(10-12(2)3)18(22)23-4/h8-9,11-13,16H,5-7,10H2,1-4H3/b9-8+. The van der Waals surface area contributed by atoms with E-state index in [4.69, 9.17) is 9.47 Å². The summed E-state index contributed by atoms with van der Waals surface area (Å²) in [5.74, 6) is 0.160. The van der Waals surface area contributed by atoms with Crippen molar-refractivity contribution in [2.75, 3.05) is 13.7 Å². The molecule has 6 nitrogen and oxygen atoms in total. The predicted molar refractivity (Wildman–Crippen MR) is 91.6 cm³/mol. The minimum Gasteiger partial charge on any atom is -0.501 e. The highest BCUT2D eigenvalue weighted by Gasteiger charge is 2.30. The van der Waals surface area contributed by atoms with Crippen molar-refractivity contribution >= 4 is 12.0 Å². The number of hydrogen-bond acceptors (Lipinski definition) is 5. The van der Waals surface area contributed by atoms with E-state index in [0.29, 0.717) is 24.6 Å². The molecular weight excluding hydrogens is 308 g/mol. The SMILES string of the molecule is CCO/C=C/c1nn(C(CC(C)C)C(=O)OC)c(=O)cc1C1CC1. The second-order valence-electron chi connectivity index (χ2n) is 6.47. The van der Waals surface area contributed by atoms with Gasteiger partial charge >= 0.3 is 5.97 Å². The van der Waals surface area contributed by atoms with Gasteiger partial charge in [0.1, 0.15) is 0 Å². The highest BCUT2D eigenvalue weighted by Crippen LogP contribution is 2.41. The van der Waals surface area contributed by atoms with E-state index in [9.17, 15) is 9.59 Å². The van der Waals surface area contributed by atoms with E-state index in [0.717, 1.165) is 18.4 Å². The lowest BCUT2D eigenvalue weighted by Crippen LogP contribution is -2.34. The van der Waals surface area contributed by atoms with Crippen molar-refractivity contribution in [3.05, 3.63) is 33.9 Å². The first-order chi connectivity index (χ1) is 11.5. The molecule has 0 N–H and O–H groups in total. The van der Waals surface area contributed by atoms with Crippen LogP contribution in [0.3, 0.4) is 0 Å². The molecule has 6 heteroatoms. The third-order valence-corrected chi connectivity index (χ3v) is 3.99. The number of methoxy groups -OCH3 is 1. The summed E-state index contributed by atoms with van der Waals surface area (Å²) < 4.78 is 11.4.